The fraction of sp³-hybridized carbons (Fsp3) is 0.667. The van der Waals surface area contributed by atoms with Gasteiger partial charge in [0.05, 0.1) is 25.4 Å². The van der Waals surface area contributed by atoms with Gasteiger partial charge >= 0.3 is 5.97 Å². The van der Waals surface area contributed by atoms with E-state index in [-0.39, 0.29) is 11.4 Å². The molecule has 1 fully saturated rings. The molecule has 0 saturated carbocycles. The summed E-state index contributed by atoms with van der Waals surface area (Å²) in [6, 6.07) is 5.88. The van der Waals surface area contributed by atoms with Crippen LogP contribution < -0.4 is 0 Å². The molecule has 0 atom stereocenters. The van der Waals surface area contributed by atoms with Crippen LogP contribution in [0.15, 0.2) is 18.2 Å². The van der Waals surface area contributed by atoms with E-state index in [0.717, 1.165) is 57.7 Å². The van der Waals surface area contributed by atoms with Crippen LogP contribution in [-0.2, 0) is 14.9 Å². The number of morpholine rings is 1. The highest BCUT2D eigenvalue weighted by Crippen LogP contribution is 2.26. The van der Waals surface area contributed by atoms with Gasteiger partial charge in [0.25, 0.3) is 0 Å². The first kappa shape index (κ1) is 19.9. The van der Waals surface area contributed by atoms with Crippen molar-refractivity contribution in [2.24, 2.45) is 0 Å². The Morgan fingerprint density at radius 3 is 2.52 bits per heavy atom. The van der Waals surface area contributed by atoms with Crippen molar-refractivity contribution in [1.82, 2.24) is 4.90 Å². The second kappa shape index (κ2) is 9.35. The van der Waals surface area contributed by atoms with Crippen LogP contribution >= 0.6 is 0 Å². The number of benzene rings is 1. The standard InChI is InChI=1S/C21H33NO3/c1-17-16-18(8-9-19(17)21(2,3)4)20(23)25-13-7-5-6-10-22-11-14-24-15-12-22/h8-9,16H,5-7,10-15H2,1-4H3. The minimum Gasteiger partial charge on any atom is -0.462 e. The van der Waals surface area contributed by atoms with Gasteiger partial charge in [-0.15, -0.1) is 0 Å². The van der Waals surface area contributed by atoms with Gasteiger partial charge in [0, 0.05) is 13.1 Å². The van der Waals surface area contributed by atoms with Crippen molar-refractivity contribution < 1.29 is 14.3 Å². The summed E-state index contributed by atoms with van der Waals surface area (Å²) in [4.78, 5) is 14.6. The molecule has 0 aromatic heterocycles. The van der Waals surface area contributed by atoms with Crippen LogP contribution in [0.2, 0.25) is 0 Å². The van der Waals surface area contributed by atoms with Crippen molar-refractivity contribution >= 4 is 5.97 Å². The molecular weight excluding hydrogens is 314 g/mol. The van der Waals surface area contributed by atoms with Crippen molar-refractivity contribution in [3.8, 4) is 0 Å². The summed E-state index contributed by atoms with van der Waals surface area (Å²) in [5, 5.41) is 0. The number of hydrogen-bond acceptors (Lipinski definition) is 4. The van der Waals surface area contributed by atoms with Gasteiger partial charge < -0.3 is 9.47 Å². The highest BCUT2D eigenvalue weighted by atomic mass is 16.5. The maximum absolute atomic E-state index is 12.2. The van der Waals surface area contributed by atoms with Crippen LogP contribution in [0, 0.1) is 6.92 Å². The van der Waals surface area contributed by atoms with Crippen molar-refractivity contribution in [3.63, 3.8) is 0 Å². The predicted molar refractivity (Wildman–Crippen MR) is 101 cm³/mol. The van der Waals surface area contributed by atoms with E-state index in [4.69, 9.17) is 9.47 Å². The monoisotopic (exact) mass is 347 g/mol. The molecule has 140 valence electrons. The maximum atomic E-state index is 12.2. The van der Waals surface area contributed by atoms with Gasteiger partial charge in [-0.05, 0) is 61.4 Å². The Balaban J connectivity index is 1.67. The van der Waals surface area contributed by atoms with Crippen molar-refractivity contribution in [2.45, 2.75) is 52.4 Å². The average Bonchev–Trinajstić information content (AvgIpc) is 2.57. The van der Waals surface area contributed by atoms with E-state index in [1.54, 1.807) is 0 Å². The first-order chi connectivity index (χ1) is 11.9. The molecule has 4 nitrogen and oxygen atoms in total. The maximum Gasteiger partial charge on any atom is 0.338 e. The van der Waals surface area contributed by atoms with E-state index < -0.39 is 0 Å². The molecule has 1 aromatic carbocycles. The zero-order chi connectivity index (χ0) is 18.3. The molecule has 1 heterocycles. The van der Waals surface area contributed by atoms with Gasteiger partial charge in [-0.2, -0.15) is 0 Å². The average molecular weight is 347 g/mol. The number of unbranched alkanes of at least 4 members (excludes halogenated alkanes) is 2. The molecule has 0 unspecified atom stereocenters. The first-order valence-corrected chi connectivity index (χ1v) is 9.46. The summed E-state index contributed by atoms with van der Waals surface area (Å²) >= 11 is 0. The van der Waals surface area contributed by atoms with E-state index in [0.29, 0.717) is 12.2 Å². The SMILES string of the molecule is Cc1cc(C(=O)OCCCCCN2CCOCC2)ccc1C(C)(C)C. The van der Waals surface area contributed by atoms with Gasteiger partial charge in [-0.3, -0.25) is 4.90 Å². The van der Waals surface area contributed by atoms with Crippen LogP contribution in [0.1, 0.15) is 61.5 Å². The van der Waals surface area contributed by atoms with Crippen LogP contribution in [0.3, 0.4) is 0 Å². The lowest BCUT2D eigenvalue weighted by Gasteiger charge is -2.26. The van der Waals surface area contributed by atoms with E-state index in [9.17, 15) is 4.79 Å². The summed E-state index contributed by atoms with van der Waals surface area (Å²) in [6.45, 7) is 14.0. The van der Waals surface area contributed by atoms with E-state index in [1.807, 2.05) is 18.2 Å². The molecule has 0 radical (unpaired) electrons. The molecule has 1 saturated heterocycles. The number of carbonyl (C=O) groups excluding carboxylic acids is 1. The Labute approximate surface area is 152 Å². The zero-order valence-corrected chi connectivity index (χ0v) is 16.3. The molecule has 0 aliphatic carbocycles. The Morgan fingerprint density at radius 2 is 1.88 bits per heavy atom. The lowest BCUT2D eigenvalue weighted by molar-refractivity contribution is 0.0363. The Morgan fingerprint density at radius 1 is 1.16 bits per heavy atom. The second-order valence-electron chi connectivity index (χ2n) is 7.93. The van der Waals surface area contributed by atoms with Crippen LogP contribution in [0.4, 0.5) is 0 Å². The fourth-order valence-electron chi connectivity index (χ4n) is 3.32. The molecular formula is C21H33NO3. The normalized spacial score (nSPS) is 16.0. The fourth-order valence-corrected chi connectivity index (χ4v) is 3.32. The third-order valence-electron chi connectivity index (χ3n) is 4.73. The Kier molecular flexibility index (Phi) is 7.45. The largest absolute Gasteiger partial charge is 0.462 e. The Bertz CT molecular complexity index is 557. The van der Waals surface area contributed by atoms with Gasteiger partial charge in [0.15, 0.2) is 0 Å². The van der Waals surface area contributed by atoms with Crippen LogP contribution in [0.25, 0.3) is 0 Å². The van der Waals surface area contributed by atoms with Crippen molar-refractivity contribution in [1.29, 1.82) is 0 Å². The van der Waals surface area contributed by atoms with Gasteiger partial charge in [-0.25, -0.2) is 4.79 Å². The van der Waals surface area contributed by atoms with Crippen LogP contribution in [-0.4, -0.2) is 50.3 Å². The third-order valence-corrected chi connectivity index (χ3v) is 4.73. The smallest absolute Gasteiger partial charge is 0.338 e. The number of ether oxygens (including phenoxy) is 2. The zero-order valence-electron chi connectivity index (χ0n) is 16.3. The summed E-state index contributed by atoms with van der Waals surface area (Å²) in [5.74, 6) is -0.211. The van der Waals surface area contributed by atoms with E-state index in [2.05, 4.69) is 32.6 Å². The second-order valence-corrected chi connectivity index (χ2v) is 7.93. The minimum atomic E-state index is -0.211. The van der Waals surface area contributed by atoms with Gasteiger partial charge in [-0.1, -0.05) is 26.8 Å². The van der Waals surface area contributed by atoms with E-state index >= 15 is 0 Å². The van der Waals surface area contributed by atoms with E-state index in [1.165, 1.54) is 5.56 Å². The molecule has 0 bridgehead atoms. The molecule has 2 rings (SSSR count). The molecule has 1 aliphatic rings. The van der Waals surface area contributed by atoms with Gasteiger partial charge in [0.1, 0.15) is 0 Å². The van der Waals surface area contributed by atoms with Crippen molar-refractivity contribution in [2.75, 3.05) is 39.5 Å². The van der Waals surface area contributed by atoms with Crippen molar-refractivity contribution in [3.05, 3.63) is 34.9 Å². The number of hydrogen-bond donors (Lipinski definition) is 0. The quantitative estimate of drug-likeness (QED) is 0.553. The number of esters is 1. The third kappa shape index (κ3) is 6.44. The summed E-state index contributed by atoms with van der Waals surface area (Å²) in [7, 11) is 0. The number of carbonyl (C=O) groups is 1. The molecule has 0 spiro atoms. The first-order valence-electron chi connectivity index (χ1n) is 9.46. The molecule has 0 amide bonds. The number of nitrogens with zero attached hydrogens (tertiary/aromatic N) is 1. The molecule has 25 heavy (non-hydrogen) atoms. The van der Waals surface area contributed by atoms with Crippen LogP contribution in [0.5, 0.6) is 0 Å². The molecule has 1 aliphatic heterocycles. The summed E-state index contributed by atoms with van der Waals surface area (Å²) in [6.07, 6.45) is 3.17. The Hall–Kier alpha value is -1.39. The molecule has 1 aromatic rings. The molecule has 0 N–H and O–H groups in total. The lowest BCUT2D eigenvalue weighted by Crippen LogP contribution is -2.36. The lowest BCUT2D eigenvalue weighted by atomic mass is 9.83. The summed E-state index contributed by atoms with van der Waals surface area (Å²) in [5.41, 5.74) is 3.16. The minimum absolute atomic E-state index is 0.0903. The highest BCUT2D eigenvalue weighted by molar-refractivity contribution is 5.89. The topological polar surface area (TPSA) is 38.8 Å². The predicted octanol–water partition coefficient (Wildman–Crippen LogP) is 3.95. The summed E-state index contributed by atoms with van der Waals surface area (Å²) < 4.78 is 10.8. The van der Waals surface area contributed by atoms with Gasteiger partial charge in [0.2, 0.25) is 0 Å². The number of rotatable bonds is 7. The highest BCUT2D eigenvalue weighted by Gasteiger charge is 2.18. The molecule has 4 heteroatoms. The number of aryl methyl sites for hydroxylation is 1.